The van der Waals surface area contributed by atoms with E-state index in [1.165, 1.54) is 5.56 Å². The number of guanidine groups is 1. The molecule has 1 aliphatic heterocycles. The largest absolute Gasteiger partial charge is 0.357 e. The van der Waals surface area contributed by atoms with Crippen LogP contribution >= 0.6 is 24.0 Å². The molecule has 1 saturated heterocycles. The number of benzene rings is 1. The summed E-state index contributed by atoms with van der Waals surface area (Å²) >= 11 is 0. The van der Waals surface area contributed by atoms with Gasteiger partial charge in [0.2, 0.25) is 10.0 Å². The summed E-state index contributed by atoms with van der Waals surface area (Å²) in [5, 5.41) is 3.31. The zero-order valence-corrected chi connectivity index (χ0v) is 19.4. The van der Waals surface area contributed by atoms with Gasteiger partial charge in [0.15, 0.2) is 5.96 Å². The third-order valence-corrected chi connectivity index (χ3v) is 5.74. The molecule has 1 aromatic rings. The fourth-order valence-corrected chi connectivity index (χ4v) is 3.46. The molecule has 0 aliphatic carbocycles. The summed E-state index contributed by atoms with van der Waals surface area (Å²) in [6.07, 6.45) is 0. The Labute approximate surface area is 180 Å². The van der Waals surface area contributed by atoms with Gasteiger partial charge in [-0.2, -0.15) is 0 Å². The molecule has 0 spiro atoms. The monoisotopic (exact) mass is 509 g/mol. The SMILES string of the molecule is CCNC(=NCCNS(=O)(=O)CC)N1CCN(Cc2ccccc2)CC1.I. The summed E-state index contributed by atoms with van der Waals surface area (Å²) in [6, 6.07) is 10.5. The summed E-state index contributed by atoms with van der Waals surface area (Å²) in [5.74, 6) is 0.961. The predicted molar refractivity (Wildman–Crippen MR) is 122 cm³/mol. The number of sulfonamides is 1. The Hall–Kier alpha value is -0.910. The number of hydrogen-bond acceptors (Lipinski definition) is 4. The zero-order valence-electron chi connectivity index (χ0n) is 16.2. The average molecular weight is 509 g/mol. The van der Waals surface area contributed by atoms with Crippen LogP contribution in [0.2, 0.25) is 0 Å². The molecule has 2 rings (SSSR count). The van der Waals surface area contributed by atoms with E-state index in [0.717, 1.165) is 45.2 Å². The Morgan fingerprint density at radius 2 is 1.78 bits per heavy atom. The van der Waals surface area contributed by atoms with Gasteiger partial charge in [-0.3, -0.25) is 9.89 Å². The van der Waals surface area contributed by atoms with Gasteiger partial charge in [0.05, 0.1) is 12.3 Å². The van der Waals surface area contributed by atoms with Crippen LogP contribution in [-0.4, -0.2) is 75.7 Å². The van der Waals surface area contributed by atoms with Crippen LogP contribution in [0.5, 0.6) is 0 Å². The van der Waals surface area contributed by atoms with Crippen molar-refractivity contribution in [2.45, 2.75) is 20.4 Å². The normalized spacial score (nSPS) is 16.1. The van der Waals surface area contributed by atoms with Gasteiger partial charge in [-0.05, 0) is 19.4 Å². The van der Waals surface area contributed by atoms with Crippen molar-refractivity contribution in [1.29, 1.82) is 0 Å². The van der Waals surface area contributed by atoms with Gasteiger partial charge in [-0.1, -0.05) is 30.3 Å². The Kier molecular flexibility index (Phi) is 11.2. The Bertz CT molecular complexity index is 662. The molecular formula is C18H32IN5O2S. The highest BCUT2D eigenvalue weighted by Gasteiger charge is 2.19. The minimum Gasteiger partial charge on any atom is -0.357 e. The van der Waals surface area contributed by atoms with E-state index in [2.05, 4.69) is 49.1 Å². The molecule has 1 fully saturated rings. The van der Waals surface area contributed by atoms with Gasteiger partial charge in [0.1, 0.15) is 0 Å². The highest BCUT2D eigenvalue weighted by Crippen LogP contribution is 2.08. The minimum atomic E-state index is -3.15. The second-order valence-corrected chi connectivity index (χ2v) is 8.38. The molecule has 1 heterocycles. The molecule has 0 atom stereocenters. The zero-order chi connectivity index (χ0) is 18.8. The smallest absolute Gasteiger partial charge is 0.211 e. The lowest BCUT2D eigenvalue weighted by Crippen LogP contribution is -2.52. The number of halogens is 1. The van der Waals surface area contributed by atoms with Crippen molar-refractivity contribution in [1.82, 2.24) is 19.8 Å². The van der Waals surface area contributed by atoms with Crippen LogP contribution in [-0.2, 0) is 16.6 Å². The van der Waals surface area contributed by atoms with E-state index in [0.29, 0.717) is 13.1 Å². The molecule has 0 radical (unpaired) electrons. The van der Waals surface area contributed by atoms with Crippen molar-refractivity contribution in [3.63, 3.8) is 0 Å². The van der Waals surface area contributed by atoms with Gasteiger partial charge < -0.3 is 10.2 Å². The van der Waals surface area contributed by atoms with Crippen molar-refractivity contribution in [2.24, 2.45) is 4.99 Å². The topological polar surface area (TPSA) is 77.0 Å². The standard InChI is InChI=1S/C18H31N5O2S.HI/c1-3-19-18(20-10-11-21-26(24,25)4-2)23-14-12-22(13-15-23)16-17-8-6-5-7-9-17;/h5-9,21H,3-4,10-16H2,1-2H3,(H,19,20);1H. The summed E-state index contributed by atoms with van der Waals surface area (Å²) in [5.41, 5.74) is 1.34. The average Bonchev–Trinajstić information content (AvgIpc) is 2.66. The molecule has 2 N–H and O–H groups in total. The summed E-state index contributed by atoms with van der Waals surface area (Å²) < 4.78 is 25.5. The highest BCUT2D eigenvalue weighted by atomic mass is 127. The Morgan fingerprint density at radius 1 is 1.11 bits per heavy atom. The quantitative estimate of drug-likeness (QED) is 0.239. The number of aliphatic imine (C=N–C) groups is 1. The summed E-state index contributed by atoms with van der Waals surface area (Å²) in [6.45, 7) is 10.0. The third kappa shape index (κ3) is 8.75. The maximum absolute atomic E-state index is 11.5. The molecule has 0 amide bonds. The van der Waals surface area contributed by atoms with E-state index in [1.54, 1.807) is 6.92 Å². The first kappa shape index (κ1) is 24.1. The second-order valence-electron chi connectivity index (χ2n) is 6.28. The van der Waals surface area contributed by atoms with Crippen LogP contribution in [0, 0.1) is 0 Å². The third-order valence-electron chi connectivity index (χ3n) is 4.33. The molecule has 0 saturated carbocycles. The van der Waals surface area contributed by atoms with Crippen LogP contribution in [0.4, 0.5) is 0 Å². The van der Waals surface area contributed by atoms with Crippen LogP contribution in [0.1, 0.15) is 19.4 Å². The first-order chi connectivity index (χ1) is 12.5. The van der Waals surface area contributed by atoms with Crippen molar-refractivity contribution < 1.29 is 8.42 Å². The molecule has 27 heavy (non-hydrogen) atoms. The molecule has 1 aromatic carbocycles. The van der Waals surface area contributed by atoms with E-state index in [9.17, 15) is 8.42 Å². The molecule has 7 nitrogen and oxygen atoms in total. The van der Waals surface area contributed by atoms with Gasteiger partial charge >= 0.3 is 0 Å². The molecule has 0 bridgehead atoms. The number of nitrogens with zero attached hydrogens (tertiary/aromatic N) is 3. The van der Waals surface area contributed by atoms with Gasteiger partial charge in [-0.25, -0.2) is 13.1 Å². The highest BCUT2D eigenvalue weighted by molar-refractivity contribution is 14.0. The summed E-state index contributed by atoms with van der Waals surface area (Å²) in [7, 11) is -3.15. The number of rotatable bonds is 8. The Morgan fingerprint density at radius 3 is 2.37 bits per heavy atom. The summed E-state index contributed by atoms with van der Waals surface area (Å²) in [4.78, 5) is 9.27. The van der Waals surface area contributed by atoms with E-state index in [-0.39, 0.29) is 29.7 Å². The lowest BCUT2D eigenvalue weighted by molar-refractivity contribution is 0.172. The molecule has 0 aromatic heterocycles. The minimum absolute atomic E-state index is 0. The fraction of sp³-hybridized carbons (Fsp3) is 0.611. The number of hydrogen-bond donors (Lipinski definition) is 2. The van der Waals surface area contributed by atoms with Crippen molar-refractivity contribution in [2.75, 3.05) is 51.6 Å². The molecule has 154 valence electrons. The van der Waals surface area contributed by atoms with Crippen molar-refractivity contribution >= 4 is 40.0 Å². The molecule has 1 aliphatic rings. The second kappa shape index (κ2) is 12.5. The van der Waals surface area contributed by atoms with Crippen LogP contribution in [0.15, 0.2) is 35.3 Å². The molecule has 9 heteroatoms. The number of piperazine rings is 1. The first-order valence-corrected chi connectivity index (χ1v) is 11.0. The predicted octanol–water partition coefficient (Wildman–Crippen LogP) is 1.33. The van der Waals surface area contributed by atoms with Crippen LogP contribution < -0.4 is 10.0 Å². The van der Waals surface area contributed by atoms with Gasteiger partial charge in [0, 0.05) is 45.8 Å². The van der Waals surface area contributed by atoms with Crippen LogP contribution in [0.25, 0.3) is 0 Å². The van der Waals surface area contributed by atoms with E-state index >= 15 is 0 Å². The van der Waals surface area contributed by atoms with Crippen molar-refractivity contribution in [3.8, 4) is 0 Å². The molecular weight excluding hydrogens is 477 g/mol. The maximum Gasteiger partial charge on any atom is 0.211 e. The number of nitrogens with one attached hydrogen (secondary N) is 2. The van der Waals surface area contributed by atoms with E-state index in [1.807, 2.05) is 13.0 Å². The lowest BCUT2D eigenvalue weighted by atomic mass is 10.2. The van der Waals surface area contributed by atoms with E-state index < -0.39 is 10.0 Å². The lowest BCUT2D eigenvalue weighted by Gasteiger charge is -2.36. The maximum atomic E-state index is 11.5. The van der Waals surface area contributed by atoms with Crippen LogP contribution in [0.3, 0.4) is 0 Å². The van der Waals surface area contributed by atoms with Crippen molar-refractivity contribution in [3.05, 3.63) is 35.9 Å². The Balaban J connectivity index is 0.00000364. The first-order valence-electron chi connectivity index (χ1n) is 9.31. The van der Waals surface area contributed by atoms with E-state index in [4.69, 9.17) is 0 Å². The fourth-order valence-electron chi connectivity index (χ4n) is 2.85. The van der Waals surface area contributed by atoms with Gasteiger partial charge in [0.25, 0.3) is 0 Å². The molecule has 0 unspecified atom stereocenters. The van der Waals surface area contributed by atoms with Gasteiger partial charge in [-0.15, -0.1) is 24.0 Å².